The Morgan fingerprint density at radius 3 is 1.50 bits per heavy atom. The fourth-order valence-corrected chi connectivity index (χ4v) is 6.74. The molecule has 0 atom stereocenters. The predicted octanol–water partition coefficient (Wildman–Crippen LogP) is 13.1. The van der Waals surface area contributed by atoms with Gasteiger partial charge in [-0.1, -0.05) is 133 Å². The Hall–Kier alpha value is -6.71. The molecule has 0 aliphatic heterocycles. The normalized spacial score (nSPS) is 11.2. The van der Waals surface area contributed by atoms with Crippen LogP contribution in [0.1, 0.15) is 0 Å². The minimum Gasteiger partial charge on any atom is -0.436 e. The van der Waals surface area contributed by atoms with Crippen molar-refractivity contribution in [3.63, 3.8) is 0 Å². The minimum absolute atomic E-state index is 0.640. The van der Waals surface area contributed by atoms with E-state index in [9.17, 15) is 0 Å². The summed E-state index contributed by atoms with van der Waals surface area (Å²) < 4.78 is 6.13. The average molecular weight is 641 g/mol. The summed E-state index contributed by atoms with van der Waals surface area (Å²) in [6.07, 6.45) is 0. The summed E-state index contributed by atoms with van der Waals surface area (Å²) in [5, 5.41) is 2.21. The molecular formula is C47H32N2O. The zero-order chi connectivity index (χ0) is 33.3. The van der Waals surface area contributed by atoms with Gasteiger partial charge in [0.25, 0.3) is 0 Å². The molecule has 0 saturated carbocycles. The third-order valence-electron chi connectivity index (χ3n) is 9.30. The van der Waals surface area contributed by atoms with E-state index in [-0.39, 0.29) is 0 Å². The van der Waals surface area contributed by atoms with Crippen molar-refractivity contribution in [3.8, 4) is 44.8 Å². The Morgan fingerprint density at radius 2 is 0.860 bits per heavy atom. The highest BCUT2D eigenvalue weighted by molar-refractivity contribution is 6.05. The lowest BCUT2D eigenvalue weighted by Crippen LogP contribution is -2.10. The number of aromatic nitrogens is 1. The Balaban J connectivity index is 1.08. The molecule has 3 nitrogen and oxygen atoms in total. The summed E-state index contributed by atoms with van der Waals surface area (Å²) in [6, 6.07) is 68.3. The lowest BCUT2D eigenvalue weighted by Gasteiger charge is -2.26. The van der Waals surface area contributed by atoms with Crippen LogP contribution in [0.25, 0.3) is 66.7 Å². The van der Waals surface area contributed by atoms with Gasteiger partial charge in [0.2, 0.25) is 5.89 Å². The molecule has 0 radical (unpaired) electrons. The van der Waals surface area contributed by atoms with Crippen LogP contribution in [0.5, 0.6) is 0 Å². The number of fused-ring (bicyclic) bond motifs is 3. The second-order valence-electron chi connectivity index (χ2n) is 12.4. The lowest BCUT2D eigenvalue weighted by molar-refractivity contribution is 0.620. The number of hydrogen-bond donors (Lipinski definition) is 0. The largest absolute Gasteiger partial charge is 0.436 e. The van der Waals surface area contributed by atoms with Crippen LogP contribution in [0.4, 0.5) is 17.1 Å². The minimum atomic E-state index is 0.640. The van der Waals surface area contributed by atoms with Crippen LogP contribution >= 0.6 is 0 Å². The van der Waals surface area contributed by atoms with Crippen molar-refractivity contribution in [3.05, 3.63) is 194 Å². The Bertz CT molecular complexity index is 2560. The average Bonchev–Trinajstić information content (AvgIpc) is 3.65. The van der Waals surface area contributed by atoms with Gasteiger partial charge in [0.05, 0.1) is 0 Å². The molecule has 0 aliphatic carbocycles. The van der Waals surface area contributed by atoms with Crippen molar-refractivity contribution in [2.24, 2.45) is 0 Å². The Labute approximate surface area is 291 Å². The highest BCUT2D eigenvalue weighted by Crippen LogP contribution is 2.39. The molecule has 1 aromatic heterocycles. The number of oxazole rings is 1. The highest BCUT2D eigenvalue weighted by Gasteiger charge is 2.15. The molecule has 0 spiro atoms. The second-order valence-corrected chi connectivity index (χ2v) is 12.4. The molecule has 3 heteroatoms. The summed E-state index contributed by atoms with van der Waals surface area (Å²) in [7, 11) is 0. The highest BCUT2D eigenvalue weighted by atomic mass is 16.3. The van der Waals surface area contributed by atoms with Crippen LogP contribution < -0.4 is 4.90 Å². The number of anilines is 3. The molecule has 0 aliphatic rings. The van der Waals surface area contributed by atoms with Crippen LogP contribution in [-0.2, 0) is 0 Å². The smallest absolute Gasteiger partial charge is 0.227 e. The predicted molar refractivity (Wildman–Crippen MR) is 208 cm³/mol. The van der Waals surface area contributed by atoms with E-state index in [1.807, 2.05) is 36.4 Å². The monoisotopic (exact) mass is 640 g/mol. The molecule has 9 rings (SSSR count). The maximum Gasteiger partial charge on any atom is 0.227 e. The molecule has 0 saturated heterocycles. The van der Waals surface area contributed by atoms with Gasteiger partial charge >= 0.3 is 0 Å². The number of hydrogen-bond acceptors (Lipinski definition) is 3. The molecule has 0 unspecified atom stereocenters. The molecule has 50 heavy (non-hydrogen) atoms. The lowest BCUT2D eigenvalue weighted by atomic mass is 10.00. The SMILES string of the molecule is c1ccc(-c2ccc(N(c3ccc(-c4ccc5c(ccc6oc(-c7ccccc7)nc65)c4)cc3)c3cccc(-c4ccccc4)c3)cc2)cc1. The maximum atomic E-state index is 6.13. The Morgan fingerprint density at radius 1 is 0.360 bits per heavy atom. The zero-order valence-electron chi connectivity index (χ0n) is 27.3. The first kappa shape index (κ1) is 29.4. The molecule has 236 valence electrons. The quantitative estimate of drug-likeness (QED) is 0.174. The molecule has 0 N–H and O–H groups in total. The van der Waals surface area contributed by atoms with Crippen molar-refractivity contribution in [2.45, 2.75) is 0 Å². The number of benzene rings is 8. The summed E-state index contributed by atoms with van der Waals surface area (Å²) in [6.45, 7) is 0. The summed E-state index contributed by atoms with van der Waals surface area (Å²) in [5.41, 5.74) is 13.0. The molecular weight excluding hydrogens is 609 g/mol. The standard InChI is InChI=1S/C47H32N2O/c1-4-11-33(12-5-1)35-19-25-41(26-20-35)49(43-18-10-17-38(32-43)34-13-6-2-7-14-34)42-27-21-36(22-28-42)39-23-29-44-40(31-39)24-30-45-46(44)48-47(50-45)37-15-8-3-9-16-37/h1-32H. The van der Waals surface area contributed by atoms with Gasteiger partial charge in [-0.25, -0.2) is 4.98 Å². The number of nitrogens with zero attached hydrogens (tertiary/aromatic N) is 2. The molecule has 9 aromatic rings. The van der Waals surface area contributed by atoms with Gasteiger partial charge in [-0.05, 0) is 99.4 Å². The van der Waals surface area contributed by atoms with E-state index in [2.05, 4.69) is 163 Å². The molecule has 1 heterocycles. The summed E-state index contributed by atoms with van der Waals surface area (Å²) in [4.78, 5) is 7.21. The molecule has 0 amide bonds. The van der Waals surface area contributed by atoms with E-state index in [1.165, 1.54) is 22.3 Å². The van der Waals surface area contributed by atoms with E-state index in [0.717, 1.165) is 55.6 Å². The molecule has 0 fully saturated rings. The van der Waals surface area contributed by atoms with Crippen molar-refractivity contribution in [2.75, 3.05) is 4.90 Å². The van der Waals surface area contributed by atoms with E-state index in [4.69, 9.17) is 9.40 Å². The van der Waals surface area contributed by atoms with Gasteiger partial charge in [-0.3, -0.25) is 0 Å². The fraction of sp³-hybridized carbons (Fsp3) is 0. The zero-order valence-corrected chi connectivity index (χ0v) is 27.3. The van der Waals surface area contributed by atoms with Crippen molar-refractivity contribution in [1.82, 2.24) is 4.98 Å². The third-order valence-corrected chi connectivity index (χ3v) is 9.30. The van der Waals surface area contributed by atoms with Gasteiger partial charge in [0.1, 0.15) is 5.52 Å². The van der Waals surface area contributed by atoms with E-state index in [1.54, 1.807) is 0 Å². The Kier molecular flexibility index (Phi) is 7.49. The van der Waals surface area contributed by atoms with Crippen LogP contribution in [0.15, 0.2) is 199 Å². The van der Waals surface area contributed by atoms with Gasteiger partial charge < -0.3 is 9.32 Å². The van der Waals surface area contributed by atoms with E-state index >= 15 is 0 Å². The van der Waals surface area contributed by atoms with Crippen molar-refractivity contribution >= 4 is 38.9 Å². The maximum absolute atomic E-state index is 6.13. The topological polar surface area (TPSA) is 29.3 Å². The van der Waals surface area contributed by atoms with Gasteiger partial charge in [0.15, 0.2) is 5.58 Å². The van der Waals surface area contributed by atoms with Gasteiger partial charge in [0, 0.05) is 28.0 Å². The first-order chi connectivity index (χ1) is 24.8. The van der Waals surface area contributed by atoms with Crippen LogP contribution in [0, 0.1) is 0 Å². The van der Waals surface area contributed by atoms with E-state index < -0.39 is 0 Å². The van der Waals surface area contributed by atoms with Crippen LogP contribution in [-0.4, -0.2) is 4.98 Å². The number of rotatable bonds is 7. The fourth-order valence-electron chi connectivity index (χ4n) is 6.74. The van der Waals surface area contributed by atoms with Crippen molar-refractivity contribution < 1.29 is 4.42 Å². The third kappa shape index (κ3) is 5.61. The van der Waals surface area contributed by atoms with Crippen molar-refractivity contribution in [1.29, 1.82) is 0 Å². The first-order valence-electron chi connectivity index (χ1n) is 16.9. The van der Waals surface area contributed by atoms with E-state index in [0.29, 0.717) is 5.89 Å². The second kappa shape index (κ2) is 12.7. The first-order valence-corrected chi connectivity index (χ1v) is 16.9. The summed E-state index contributed by atoms with van der Waals surface area (Å²) >= 11 is 0. The van der Waals surface area contributed by atoms with Gasteiger partial charge in [-0.15, -0.1) is 0 Å². The van der Waals surface area contributed by atoms with Crippen LogP contribution in [0.3, 0.4) is 0 Å². The summed E-state index contributed by atoms with van der Waals surface area (Å²) in [5.74, 6) is 0.640. The molecule has 8 aromatic carbocycles. The van der Waals surface area contributed by atoms with Crippen LogP contribution in [0.2, 0.25) is 0 Å². The molecule has 0 bridgehead atoms. The van der Waals surface area contributed by atoms with Gasteiger partial charge in [-0.2, -0.15) is 0 Å².